The van der Waals surface area contributed by atoms with Gasteiger partial charge in [0.05, 0.1) is 6.42 Å². The van der Waals surface area contributed by atoms with Crippen LogP contribution < -0.4 is 4.74 Å². The predicted octanol–water partition coefficient (Wildman–Crippen LogP) is 11.5. The monoisotopic (exact) mass is 498 g/mol. The van der Waals surface area contributed by atoms with E-state index >= 15 is 0 Å². The third-order valence-corrected chi connectivity index (χ3v) is 7.15. The SMILES string of the molecule is CCCCCCCCCCCCCCCCCCCCCCCCC=CCC(=O)Oc1ccccc1. The van der Waals surface area contributed by atoms with E-state index in [1.54, 1.807) is 0 Å². The van der Waals surface area contributed by atoms with E-state index in [2.05, 4.69) is 13.0 Å². The topological polar surface area (TPSA) is 26.3 Å². The van der Waals surface area contributed by atoms with Gasteiger partial charge in [-0.05, 0) is 25.0 Å². The van der Waals surface area contributed by atoms with Crippen molar-refractivity contribution in [2.24, 2.45) is 0 Å². The maximum Gasteiger partial charge on any atom is 0.315 e. The Labute approximate surface area is 224 Å². The molecule has 0 bridgehead atoms. The maximum absolute atomic E-state index is 11.8. The molecule has 0 saturated carbocycles. The quantitative estimate of drug-likeness (QED) is 0.0549. The molecular formula is C34H58O2. The molecule has 0 fully saturated rings. The summed E-state index contributed by atoms with van der Waals surface area (Å²) in [7, 11) is 0. The number of rotatable bonds is 26. The van der Waals surface area contributed by atoms with Crippen LogP contribution in [0.3, 0.4) is 0 Å². The fourth-order valence-corrected chi connectivity index (χ4v) is 4.83. The Morgan fingerprint density at radius 3 is 1.36 bits per heavy atom. The number of esters is 1. The molecule has 1 rings (SSSR count). The van der Waals surface area contributed by atoms with E-state index in [1.807, 2.05) is 36.4 Å². The Hall–Kier alpha value is -1.57. The number of para-hydroxylation sites is 1. The Morgan fingerprint density at radius 2 is 0.944 bits per heavy atom. The number of hydrogen-bond donors (Lipinski definition) is 0. The van der Waals surface area contributed by atoms with E-state index in [0.717, 1.165) is 6.42 Å². The first kappa shape index (κ1) is 32.5. The molecule has 1 aromatic rings. The summed E-state index contributed by atoms with van der Waals surface area (Å²) >= 11 is 0. The third kappa shape index (κ3) is 22.9. The molecule has 0 saturated heterocycles. The summed E-state index contributed by atoms with van der Waals surface area (Å²) in [5.41, 5.74) is 0. The average Bonchev–Trinajstić information content (AvgIpc) is 2.89. The molecule has 0 N–H and O–H groups in total. The Kier molecular flexibility index (Phi) is 23.9. The van der Waals surface area contributed by atoms with Crippen molar-refractivity contribution in [3.8, 4) is 5.75 Å². The molecule has 0 radical (unpaired) electrons. The highest BCUT2D eigenvalue weighted by molar-refractivity contribution is 5.73. The number of allylic oxidation sites excluding steroid dienone is 1. The van der Waals surface area contributed by atoms with E-state index in [1.165, 1.54) is 141 Å². The molecule has 0 atom stereocenters. The smallest absolute Gasteiger partial charge is 0.315 e. The lowest BCUT2D eigenvalue weighted by atomic mass is 10.0. The largest absolute Gasteiger partial charge is 0.426 e. The predicted molar refractivity (Wildman–Crippen MR) is 158 cm³/mol. The van der Waals surface area contributed by atoms with Gasteiger partial charge >= 0.3 is 5.97 Å². The van der Waals surface area contributed by atoms with Crippen LogP contribution in [0.1, 0.15) is 161 Å². The molecule has 0 amide bonds. The van der Waals surface area contributed by atoms with E-state index < -0.39 is 0 Å². The summed E-state index contributed by atoms with van der Waals surface area (Å²) in [5, 5.41) is 0. The molecule has 2 nitrogen and oxygen atoms in total. The van der Waals surface area contributed by atoms with Crippen LogP contribution in [-0.4, -0.2) is 5.97 Å². The zero-order valence-electron chi connectivity index (χ0n) is 23.8. The van der Waals surface area contributed by atoms with Crippen molar-refractivity contribution in [2.45, 2.75) is 161 Å². The number of hydrogen-bond acceptors (Lipinski definition) is 2. The fourth-order valence-electron chi connectivity index (χ4n) is 4.83. The van der Waals surface area contributed by atoms with Crippen molar-refractivity contribution in [3.05, 3.63) is 42.5 Å². The third-order valence-electron chi connectivity index (χ3n) is 7.15. The van der Waals surface area contributed by atoms with Crippen molar-refractivity contribution in [1.29, 1.82) is 0 Å². The van der Waals surface area contributed by atoms with E-state index in [0.29, 0.717) is 12.2 Å². The molecule has 0 spiro atoms. The second-order valence-electron chi connectivity index (χ2n) is 10.7. The van der Waals surface area contributed by atoms with Crippen molar-refractivity contribution in [1.82, 2.24) is 0 Å². The van der Waals surface area contributed by atoms with Gasteiger partial charge in [-0.2, -0.15) is 0 Å². The highest BCUT2D eigenvalue weighted by Crippen LogP contribution is 2.15. The Bertz CT molecular complexity index is 607. The van der Waals surface area contributed by atoms with E-state index in [-0.39, 0.29) is 5.97 Å². The van der Waals surface area contributed by atoms with Crippen molar-refractivity contribution in [3.63, 3.8) is 0 Å². The molecule has 0 aliphatic rings. The van der Waals surface area contributed by atoms with Crippen LogP contribution in [0, 0.1) is 0 Å². The van der Waals surface area contributed by atoms with Gasteiger partial charge in [0.1, 0.15) is 5.75 Å². The fraction of sp³-hybridized carbons (Fsp3) is 0.735. The summed E-state index contributed by atoms with van der Waals surface area (Å²) in [6.07, 6.45) is 36.8. The van der Waals surface area contributed by atoms with Gasteiger partial charge in [0.25, 0.3) is 0 Å². The number of unbranched alkanes of at least 4 members (excludes halogenated alkanes) is 22. The van der Waals surface area contributed by atoms with Crippen molar-refractivity contribution < 1.29 is 9.53 Å². The molecule has 0 aliphatic carbocycles. The van der Waals surface area contributed by atoms with Crippen LogP contribution in [0.15, 0.2) is 42.5 Å². The van der Waals surface area contributed by atoms with Crippen LogP contribution in [0.5, 0.6) is 5.75 Å². The van der Waals surface area contributed by atoms with Crippen LogP contribution in [0.25, 0.3) is 0 Å². The molecule has 206 valence electrons. The van der Waals surface area contributed by atoms with Crippen LogP contribution in [0.2, 0.25) is 0 Å². The molecule has 36 heavy (non-hydrogen) atoms. The zero-order valence-corrected chi connectivity index (χ0v) is 23.8. The Morgan fingerprint density at radius 1 is 0.556 bits per heavy atom. The van der Waals surface area contributed by atoms with Crippen molar-refractivity contribution in [2.75, 3.05) is 0 Å². The summed E-state index contributed by atoms with van der Waals surface area (Å²) in [6.45, 7) is 2.30. The van der Waals surface area contributed by atoms with Gasteiger partial charge in [-0.25, -0.2) is 0 Å². The van der Waals surface area contributed by atoms with E-state index in [4.69, 9.17) is 4.74 Å². The zero-order chi connectivity index (χ0) is 25.8. The standard InChI is InChI=1S/C34H58O2/c1-2-3-4-5-6-7-8-9-10-11-12-13-14-15-16-17-18-19-20-21-22-23-24-25-29-32-34(35)36-33-30-27-26-28-31-33/h25-31H,2-24,32H2,1H3. The molecule has 2 heteroatoms. The van der Waals surface area contributed by atoms with Gasteiger partial charge in [-0.1, -0.05) is 172 Å². The minimum atomic E-state index is -0.188. The minimum absolute atomic E-state index is 0.188. The summed E-state index contributed by atoms with van der Waals surface area (Å²) in [4.78, 5) is 11.8. The first-order valence-corrected chi connectivity index (χ1v) is 15.7. The maximum atomic E-state index is 11.8. The molecule has 0 aliphatic heterocycles. The Balaban J connectivity index is 1.71. The van der Waals surface area contributed by atoms with Gasteiger partial charge in [-0.3, -0.25) is 4.79 Å². The number of carbonyl (C=O) groups is 1. The molecule has 0 heterocycles. The lowest BCUT2D eigenvalue weighted by molar-refractivity contribution is -0.133. The second-order valence-corrected chi connectivity index (χ2v) is 10.7. The highest BCUT2D eigenvalue weighted by atomic mass is 16.5. The van der Waals surface area contributed by atoms with Gasteiger partial charge in [0, 0.05) is 0 Å². The average molecular weight is 499 g/mol. The van der Waals surface area contributed by atoms with Gasteiger partial charge in [-0.15, -0.1) is 0 Å². The van der Waals surface area contributed by atoms with E-state index in [9.17, 15) is 4.79 Å². The minimum Gasteiger partial charge on any atom is -0.426 e. The molecule has 0 unspecified atom stereocenters. The lowest BCUT2D eigenvalue weighted by Gasteiger charge is -2.04. The van der Waals surface area contributed by atoms with Gasteiger partial charge in [0.15, 0.2) is 0 Å². The summed E-state index contributed by atoms with van der Waals surface area (Å²) in [6, 6.07) is 9.28. The second kappa shape index (κ2) is 26.5. The summed E-state index contributed by atoms with van der Waals surface area (Å²) in [5.74, 6) is 0.432. The molecule has 0 aromatic heterocycles. The van der Waals surface area contributed by atoms with Crippen molar-refractivity contribution >= 4 is 5.97 Å². The van der Waals surface area contributed by atoms with Crippen LogP contribution in [0.4, 0.5) is 0 Å². The van der Waals surface area contributed by atoms with Gasteiger partial charge in [0.2, 0.25) is 0 Å². The first-order valence-electron chi connectivity index (χ1n) is 15.7. The molecular weight excluding hydrogens is 440 g/mol. The number of benzene rings is 1. The normalized spacial score (nSPS) is 11.4. The summed E-state index contributed by atoms with van der Waals surface area (Å²) < 4.78 is 5.28. The molecule has 1 aromatic carbocycles. The van der Waals surface area contributed by atoms with Crippen LogP contribution in [-0.2, 0) is 4.79 Å². The number of ether oxygens (including phenoxy) is 1. The first-order chi connectivity index (χ1) is 17.8. The van der Waals surface area contributed by atoms with Gasteiger partial charge < -0.3 is 4.74 Å². The highest BCUT2D eigenvalue weighted by Gasteiger charge is 2.01. The number of carbonyl (C=O) groups excluding carboxylic acids is 1. The lowest BCUT2D eigenvalue weighted by Crippen LogP contribution is -2.05. The van der Waals surface area contributed by atoms with Crippen LogP contribution >= 0.6 is 0 Å².